The molecule has 1 aromatic carbocycles. The average molecular weight is 223 g/mol. The Balaban J connectivity index is 2.41. The lowest BCUT2D eigenvalue weighted by molar-refractivity contribution is -0.137. The van der Waals surface area contributed by atoms with Crippen molar-refractivity contribution >= 4 is 11.6 Å². The first-order valence-electron chi connectivity index (χ1n) is 3.97. The van der Waals surface area contributed by atoms with E-state index in [1.165, 1.54) is 6.07 Å². The second-order valence-corrected chi connectivity index (χ2v) is 3.47. The summed E-state index contributed by atoms with van der Waals surface area (Å²) in [5.74, 6) is 0. The summed E-state index contributed by atoms with van der Waals surface area (Å²) in [4.78, 5) is 0. The van der Waals surface area contributed by atoms with Gasteiger partial charge in [0.25, 0.3) is 0 Å². The van der Waals surface area contributed by atoms with Crippen LogP contribution in [-0.4, -0.2) is 6.61 Å². The first-order chi connectivity index (χ1) is 6.48. The number of hydrogen-bond acceptors (Lipinski definition) is 1. The fourth-order valence-electron chi connectivity index (χ4n) is 1.20. The fourth-order valence-corrected chi connectivity index (χ4v) is 1.43. The van der Waals surface area contributed by atoms with Crippen LogP contribution in [0.25, 0.3) is 0 Å². The molecule has 0 N–H and O–H groups in total. The van der Waals surface area contributed by atoms with E-state index in [0.717, 1.165) is 6.07 Å². The number of hydrogen-bond donors (Lipinski definition) is 0. The van der Waals surface area contributed by atoms with Crippen molar-refractivity contribution in [2.24, 2.45) is 0 Å². The molecular formula is C9H6ClF3O. The van der Waals surface area contributed by atoms with Gasteiger partial charge in [-0.05, 0) is 17.7 Å². The Morgan fingerprint density at radius 2 is 2.00 bits per heavy atom. The quantitative estimate of drug-likeness (QED) is 0.664. The molecule has 0 bridgehead atoms. The van der Waals surface area contributed by atoms with Gasteiger partial charge in [-0.3, -0.25) is 0 Å². The number of rotatable bonds is 1. The van der Waals surface area contributed by atoms with Gasteiger partial charge in [-0.25, -0.2) is 0 Å². The van der Waals surface area contributed by atoms with E-state index in [1.807, 2.05) is 0 Å². The van der Waals surface area contributed by atoms with E-state index >= 15 is 0 Å². The van der Waals surface area contributed by atoms with Crippen molar-refractivity contribution in [1.82, 2.24) is 0 Å². The van der Waals surface area contributed by atoms with Crippen LogP contribution in [0, 0.1) is 0 Å². The van der Waals surface area contributed by atoms with Gasteiger partial charge in [0, 0.05) is 0 Å². The molecule has 0 amide bonds. The van der Waals surface area contributed by atoms with E-state index in [0.29, 0.717) is 12.2 Å². The van der Waals surface area contributed by atoms with E-state index < -0.39 is 11.7 Å². The number of epoxide rings is 1. The topological polar surface area (TPSA) is 12.5 Å². The third-order valence-corrected chi connectivity index (χ3v) is 2.33. The van der Waals surface area contributed by atoms with Crippen molar-refractivity contribution in [3.05, 3.63) is 34.3 Å². The summed E-state index contributed by atoms with van der Waals surface area (Å²) in [6, 6.07) is 3.84. The van der Waals surface area contributed by atoms with E-state index in [4.69, 9.17) is 16.3 Å². The predicted octanol–water partition coefficient (Wildman–Crippen LogP) is 3.43. The van der Waals surface area contributed by atoms with E-state index in [9.17, 15) is 13.2 Å². The molecule has 1 atom stereocenters. The highest BCUT2D eigenvalue weighted by atomic mass is 35.5. The maximum Gasteiger partial charge on any atom is 0.417 e. The monoisotopic (exact) mass is 222 g/mol. The molecule has 0 saturated carbocycles. The minimum atomic E-state index is -4.40. The van der Waals surface area contributed by atoms with Crippen LogP contribution in [0.5, 0.6) is 0 Å². The molecular weight excluding hydrogens is 217 g/mol. The average Bonchev–Trinajstić information content (AvgIpc) is 2.85. The third-order valence-electron chi connectivity index (χ3n) is 2.00. The summed E-state index contributed by atoms with van der Waals surface area (Å²) >= 11 is 5.45. The minimum Gasteiger partial charge on any atom is -0.368 e. The second-order valence-electron chi connectivity index (χ2n) is 3.06. The highest BCUT2D eigenvalue weighted by Gasteiger charge is 2.35. The lowest BCUT2D eigenvalue weighted by Gasteiger charge is -2.09. The van der Waals surface area contributed by atoms with Crippen LogP contribution in [0.4, 0.5) is 13.2 Å². The van der Waals surface area contributed by atoms with Gasteiger partial charge in [0.05, 0.1) is 17.2 Å². The van der Waals surface area contributed by atoms with Gasteiger partial charge in [-0.2, -0.15) is 13.2 Å². The SMILES string of the molecule is FC(F)(F)c1cc([C@@H]2CO2)ccc1Cl. The van der Waals surface area contributed by atoms with Gasteiger partial charge in [0.1, 0.15) is 6.10 Å². The van der Waals surface area contributed by atoms with Crippen LogP contribution in [0.3, 0.4) is 0 Å². The first kappa shape index (κ1) is 9.80. The maximum atomic E-state index is 12.4. The molecule has 1 saturated heterocycles. The molecule has 1 nitrogen and oxygen atoms in total. The summed E-state index contributed by atoms with van der Waals surface area (Å²) in [7, 11) is 0. The van der Waals surface area contributed by atoms with Gasteiger partial charge in [-0.15, -0.1) is 0 Å². The van der Waals surface area contributed by atoms with Crippen LogP contribution < -0.4 is 0 Å². The lowest BCUT2D eigenvalue weighted by atomic mass is 10.1. The molecule has 1 fully saturated rings. The van der Waals surface area contributed by atoms with Crippen molar-refractivity contribution in [3.8, 4) is 0 Å². The van der Waals surface area contributed by atoms with Crippen molar-refractivity contribution in [3.63, 3.8) is 0 Å². The maximum absolute atomic E-state index is 12.4. The van der Waals surface area contributed by atoms with Gasteiger partial charge in [0.2, 0.25) is 0 Å². The van der Waals surface area contributed by atoms with Gasteiger partial charge in [0.15, 0.2) is 0 Å². The molecule has 1 aliphatic rings. The smallest absolute Gasteiger partial charge is 0.368 e. The van der Waals surface area contributed by atoms with Crippen LogP contribution in [0.1, 0.15) is 17.2 Å². The highest BCUT2D eigenvalue weighted by Crippen LogP contribution is 2.38. The molecule has 0 radical (unpaired) electrons. The zero-order valence-corrected chi connectivity index (χ0v) is 7.69. The molecule has 5 heteroatoms. The summed E-state index contributed by atoms with van der Waals surface area (Å²) in [6.07, 6.45) is -4.59. The second kappa shape index (κ2) is 3.14. The Morgan fingerprint density at radius 1 is 1.36 bits per heavy atom. The highest BCUT2D eigenvalue weighted by molar-refractivity contribution is 6.31. The summed E-state index contributed by atoms with van der Waals surface area (Å²) in [5, 5.41) is -0.276. The Kier molecular flexibility index (Phi) is 2.20. The lowest BCUT2D eigenvalue weighted by Crippen LogP contribution is -2.06. The zero-order valence-electron chi connectivity index (χ0n) is 6.94. The standard InChI is InChI=1S/C9H6ClF3O/c10-7-2-1-5(8-4-14-8)3-6(7)9(11,12)13/h1-3,8H,4H2/t8-/m0/s1. The molecule has 1 heterocycles. The van der Waals surface area contributed by atoms with E-state index in [-0.39, 0.29) is 11.1 Å². The van der Waals surface area contributed by atoms with Crippen molar-refractivity contribution in [2.75, 3.05) is 6.61 Å². The molecule has 2 rings (SSSR count). The van der Waals surface area contributed by atoms with Crippen LogP contribution in [0.15, 0.2) is 18.2 Å². The Hall–Kier alpha value is -0.740. The molecule has 1 aromatic rings. The Bertz CT molecular complexity index is 358. The van der Waals surface area contributed by atoms with Crippen molar-refractivity contribution in [1.29, 1.82) is 0 Å². The largest absolute Gasteiger partial charge is 0.417 e. The zero-order chi connectivity index (χ0) is 10.3. The fraction of sp³-hybridized carbons (Fsp3) is 0.333. The van der Waals surface area contributed by atoms with Gasteiger partial charge >= 0.3 is 6.18 Å². The molecule has 76 valence electrons. The predicted molar refractivity (Wildman–Crippen MR) is 45.1 cm³/mol. The van der Waals surface area contributed by atoms with E-state index in [1.54, 1.807) is 6.07 Å². The number of benzene rings is 1. The number of ether oxygens (including phenoxy) is 1. The first-order valence-corrected chi connectivity index (χ1v) is 4.34. The Labute approximate surface area is 83.4 Å². The number of halogens is 4. The van der Waals surface area contributed by atoms with Crippen LogP contribution in [-0.2, 0) is 10.9 Å². The molecule has 0 aromatic heterocycles. The summed E-state index contributed by atoms with van der Waals surface area (Å²) in [5.41, 5.74) is -0.270. The Morgan fingerprint density at radius 3 is 2.50 bits per heavy atom. The van der Waals surface area contributed by atoms with Crippen LogP contribution in [0.2, 0.25) is 5.02 Å². The molecule has 0 unspecified atom stereocenters. The minimum absolute atomic E-state index is 0.187. The summed E-state index contributed by atoms with van der Waals surface area (Å²) < 4.78 is 42.1. The van der Waals surface area contributed by atoms with E-state index in [2.05, 4.69) is 0 Å². The number of alkyl halides is 3. The van der Waals surface area contributed by atoms with Gasteiger partial charge < -0.3 is 4.74 Å². The van der Waals surface area contributed by atoms with Crippen molar-refractivity contribution in [2.45, 2.75) is 12.3 Å². The molecule has 1 aliphatic heterocycles. The normalized spacial score (nSPS) is 21.0. The molecule has 0 spiro atoms. The molecule has 0 aliphatic carbocycles. The van der Waals surface area contributed by atoms with Gasteiger partial charge in [-0.1, -0.05) is 17.7 Å². The van der Waals surface area contributed by atoms with Crippen molar-refractivity contribution < 1.29 is 17.9 Å². The summed E-state index contributed by atoms with van der Waals surface area (Å²) in [6.45, 7) is 0.485. The third kappa shape index (κ3) is 1.86. The molecule has 14 heavy (non-hydrogen) atoms. The van der Waals surface area contributed by atoms with Crippen LogP contribution >= 0.6 is 11.6 Å².